The van der Waals surface area contributed by atoms with Crippen molar-refractivity contribution in [2.75, 3.05) is 13.2 Å². The number of ketones is 1. The molecule has 0 N–H and O–H groups in total. The highest BCUT2D eigenvalue weighted by Crippen LogP contribution is 2.17. The van der Waals surface area contributed by atoms with Gasteiger partial charge in [0.2, 0.25) is 0 Å². The fourth-order valence-electron chi connectivity index (χ4n) is 1.99. The van der Waals surface area contributed by atoms with Crippen molar-refractivity contribution in [1.29, 1.82) is 0 Å². The Morgan fingerprint density at radius 1 is 1.39 bits per heavy atom. The highest BCUT2D eigenvalue weighted by molar-refractivity contribution is 5.89. The summed E-state index contributed by atoms with van der Waals surface area (Å²) in [4.78, 5) is 11.8. The molecule has 1 aromatic heterocycles. The van der Waals surface area contributed by atoms with Gasteiger partial charge in [-0.15, -0.1) is 0 Å². The van der Waals surface area contributed by atoms with Crippen molar-refractivity contribution >= 4 is 16.7 Å². The lowest BCUT2D eigenvalue weighted by molar-refractivity contribution is -0.122. The van der Waals surface area contributed by atoms with E-state index in [0.29, 0.717) is 13.0 Å². The molecule has 0 atom stereocenters. The van der Waals surface area contributed by atoms with Gasteiger partial charge in [0.15, 0.2) is 5.78 Å². The van der Waals surface area contributed by atoms with Gasteiger partial charge in [-0.25, -0.2) is 0 Å². The predicted molar refractivity (Wildman–Crippen MR) is 70.5 cm³/mol. The van der Waals surface area contributed by atoms with E-state index < -0.39 is 0 Å². The molecular weight excluding hydrogens is 228 g/mol. The van der Waals surface area contributed by atoms with Gasteiger partial charge in [-0.1, -0.05) is 25.1 Å². The van der Waals surface area contributed by atoms with E-state index in [9.17, 15) is 4.79 Å². The van der Waals surface area contributed by atoms with Crippen molar-refractivity contribution in [2.45, 2.75) is 19.8 Å². The van der Waals surface area contributed by atoms with Crippen molar-refractivity contribution in [3.8, 4) is 0 Å². The Labute approximate surface area is 107 Å². The van der Waals surface area contributed by atoms with Gasteiger partial charge in [0, 0.05) is 19.0 Å². The third kappa shape index (κ3) is 2.76. The molecule has 0 radical (unpaired) electrons. The fraction of sp³-hybridized carbons (Fsp3) is 0.429. The monoisotopic (exact) mass is 246 g/mol. The molecule has 0 aliphatic rings. The largest absolute Gasteiger partial charge is 0.374 e. The fourth-order valence-corrected chi connectivity index (χ4v) is 1.99. The molecule has 0 aliphatic heterocycles. The first-order chi connectivity index (χ1) is 8.72. The Kier molecular flexibility index (Phi) is 4.10. The van der Waals surface area contributed by atoms with E-state index in [2.05, 4.69) is 5.10 Å². The van der Waals surface area contributed by atoms with Crippen LogP contribution in [0.2, 0.25) is 0 Å². The van der Waals surface area contributed by atoms with E-state index in [4.69, 9.17) is 4.74 Å². The minimum atomic E-state index is 0.0762. The molecule has 1 aromatic carbocycles. The molecule has 18 heavy (non-hydrogen) atoms. The Hall–Kier alpha value is -1.68. The number of Topliss-reactive ketones (excluding diaryl/α,β-unsaturated/α-hetero) is 1. The second-order valence-electron chi connectivity index (χ2n) is 4.36. The van der Waals surface area contributed by atoms with Crippen LogP contribution in [-0.2, 0) is 23.0 Å². The van der Waals surface area contributed by atoms with Gasteiger partial charge in [0.25, 0.3) is 0 Å². The number of fused-ring (bicyclic) bond motifs is 1. The predicted octanol–water partition coefficient (Wildman–Crippen LogP) is 2.11. The maximum atomic E-state index is 11.8. The summed E-state index contributed by atoms with van der Waals surface area (Å²) in [5.74, 6) is 0.0762. The number of aryl methyl sites for hydroxylation is 1. The third-order valence-corrected chi connectivity index (χ3v) is 2.81. The van der Waals surface area contributed by atoms with Crippen LogP contribution in [0.25, 0.3) is 10.9 Å². The Morgan fingerprint density at radius 2 is 2.17 bits per heavy atom. The molecule has 96 valence electrons. The summed E-state index contributed by atoms with van der Waals surface area (Å²) < 4.78 is 7.06. The summed E-state index contributed by atoms with van der Waals surface area (Å²) in [5.41, 5.74) is 1.88. The van der Waals surface area contributed by atoms with E-state index in [-0.39, 0.29) is 12.4 Å². The van der Waals surface area contributed by atoms with Crippen LogP contribution in [0.5, 0.6) is 0 Å². The lowest BCUT2D eigenvalue weighted by Gasteiger charge is -2.00. The topological polar surface area (TPSA) is 44.1 Å². The number of hydrogen-bond acceptors (Lipinski definition) is 3. The number of para-hydroxylation sites is 1. The van der Waals surface area contributed by atoms with Gasteiger partial charge in [0.1, 0.15) is 6.61 Å². The molecule has 4 heteroatoms. The molecule has 2 rings (SSSR count). The molecular formula is C14H18N2O2. The molecule has 0 bridgehead atoms. The summed E-state index contributed by atoms with van der Waals surface area (Å²) in [6, 6.07) is 7.94. The summed E-state index contributed by atoms with van der Waals surface area (Å²) in [5, 5.41) is 5.44. The smallest absolute Gasteiger partial charge is 0.164 e. The average molecular weight is 246 g/mol. The van der Waals surface area contributed by atoms with Gasteiger partial charge in [-0.3, -0.25) is 9.48 Å². The van der Waals surface area contributed by atoms with Crippen LogP contribution >= 0.6 is 0 Å². The number of benzene rings is 1. The van der Waals surface area contributed by atoms with Crippen LogP contribution in [-0.4, -0.2) is 28.8 Å². The minimum absolute atomic E-state index is 0.0762. The van der Waals surface area contributed by atoms with Crippen LogP contribution in [0.4, 0.5) is 0 Å². The standard InChI is InChI=1S/C14H18N2O2/c1-3-8-18-10-11(17)9-13-12-6-4-5-7-14(12)16(2)15-13/h4-7H,3,8-10H2,1-2H3. The first-order valence-electron chi connectivity index (χ1n) is 6.22. The minimum Gasteiger partial charge on any atom is -0.374 e. The summed E-state index contributed by atoms with van der Waals surface area (Å²) in [6.07, 6.45) is 1.27. The van der Waals surface area contributed by atoms with Crippen LogP contribution in [0.1, 0.15) is 19.0 Å². The number of carbonyl (C=O) groups is 1. The van der Waals surface area contributed by atoms with Gasteiger partial charge in [-0.05, 0) is 12.5 Å². The highest BCUT2D eigenvalue weighted by Gasteiger charge is 2.11. The lowest BCUT2D eigenvalue weighted by Crippen LogP contribution is -2.12. The first-order valence-corrected chi connectivity index (χ1v) is 6.22. The molecule has 1 heterocycles. The van der Waals surface area contributed by atoms with Crippen molar-refractivity contribution < 1.29 is 9.53 Å². The molecule has 0 unspecified atom stereocenters. The van der Waals surface area contributed by atoms with Gasteiger partial charge in [0.05, 0.1) is 17.6 Å². The van der Waals surface area contributed by atoms with E-state index in [0.717, 1.165) is 23.0 Å². The first kappa shape index (κ1) is 12.8. The zero-order valence-electron chi connectivity index (χ0n) is 10.8. The SMILES string of the molecule is CCCOCC(=O)Cc1nn(C)c2ccccc12. The average Bonchev–Trinajstić information content (AvgIpc) is 2.67. The van der Waals surface area contributed by atoms with Gasteiger partial charge < -0.3 is 4.74 Å². The summed E-state index contributed by atoms with van der Waals surface area (Å²) in [6.45, 7) is 2.84. The number of aromatic nitrogens is 2. The van der Waals surface area contributed by atoms with Crippen LogP contribution in [0.15, 0.2) is 24.3 Å². The Morgan fingerprint density at radius 3 is 2.94 bits per heavy atom. The number of carbonyl (C=O) groups excluding carboxylic acids is 1. The van der Waals surface area contributed by atoms with Gasteiger partial charge in [-0.2, -0.15) is 5.10 Å². The number of hydrogen-bond donors (Lipinski definition) is 0. The van der Waals surface area contributed by atoms with E-state index >= 15 is 0 Å². The zero-order chi connectivity index (χ0) is 13.0. The maximum absolute atomic E-state index is 11.8. The molecule has 0 saturated heterocycles. The zero-order valence-corrected chi connectivity index (χ0v) is 10.8. The number of ether oxygens (including phenoxy) is 1. The maximum Gasteiger partial charge on any atom is 0.164 e. The normalized spacial score (nSPS) is 11.0. The molecule has 0 spiro atoms. The third-order valence-electron chi connectivity index (χ3n) is 2.81. The quantitative estimate of drug-likeness (QED) is 0.733. The highest BCUT2D eigenvalue weighted by atomic mass is 16.5. The molecule has 0 aliphatic carbocycles. The molecule has 0 amide bonds. The van der Waals surface area contributed by atoms with E-state index in [1.807, 2.05) is 42.9 Å². The van der Waals surface area contributed by atoms with E-state index in [1.54, 1.807) is 0 Å². The Bertz CT molecular complexity index is 546. The lowest BCUT2D eigenvalue weighted by atomic mass is 10.1. The summed E-state index contributed by atoms with van der Waals surface area (Å²) in [7, 11) is 1.89. The van der Waals surface area contributed by atoms with Crippen LogP contribution < -0.4 is 0 Å². The number of rotatable bonds is 6. The molecule has 0 saturated carbocycles. The molecule has 2 aromatic rings. The van der Waals surface area contributed by atoms with E-state index in [1.165, 1.54) is 0 Å². The molecule has 0 fully saturated rings. The van der Waals surface area contributed by atoms with Gasteiger partial charge >= 0.3 is 0 Å². The number of nitrogens with zero attached hydrogens (tertiary/aromatic N) is 2. The molecule has 4 nitrogen and oxygen atoms in total. The van der Waals surface area contributed by atoms with Crippen LogP contribution in [0, 0.1) is 0 Å². The summed E-state index contributed by atoms with van der Waals surface area (Å²) >= 11 is 0. The second kappa shape index (κ2) is 5.78. The van der Waals surface area contributed by atoms with Crippen LogP contribution in [0.3, 0.4) is 0 Å². The van der Waals surface area contributed by atoms with Crippen molar-refractivity contribution in [1.82, 2.24) is 9.78 Å². The second-order valence-corrected chi connectivity index (χ2v) is 4.36. The van der Waals surface area contributed by atoms with Crippen molar-refractivity contribution in [2.24, 2.45) is 7.05 Å². The Balaban J connectivity index is 2.10. The van der Waals surface area contributed by atoms with Crippen molar-refractivity contribution in [3.63, 3.8) is 0 Å². The van der Waals surface area contributed by atoms with Crippen molar-refractivity contribution in [3.05, 3.63) is 30.0 Å².